The van der Waals surface area contributed by atoms with Gasteiger partial charge in [-0.3, -0.25) is 4.79 Å². The fraction of sp³-hybridized carbons (Fsp3) is 0.375. The number of aliphatic hydroxyl groups excluding tert-OH is 1. The molecule has 1 aliphatic carbocycles. The topological polar surface area (TPSA) is 67.2 Å². The van der Waals surface area contributed by atoms with Gasteiger partial charge in [0.05, 0.1) is 23.4 Å². The lowest BCUT2D eigenvalue weighted by atomic mass is 9.89. The van der Waals surface area contributed by atoms with E-state index in [0.717, 1.165) is 33.5 Å². The van der Waals surface area contributed by atoms with Crippen LogP contribution in [0.1, 0.15) is 54.2 Å². The standard InChI is InChI=1S/C24H24FN3O2S/c1-11(2)26-9-16-14-6-12(3)18(25)8-19(14)27-22-17(16)10-28-20(22)7-15-13(24(28)31)4-5-21(29)23(15)30/h6-8,11,23,26,30H,4-5,9-10H2,1-3H3. The van der Waals surface area contributed by atoms with Crippen LogP contribution >= 0.6 is 12.2 Å². The van der Waals surface area contributed by atoms with Gasteiger partial charge in [0.2, 0.25) is 0 Å². The van der Waals surface area contributed by atoms with Crippen molar-refractivity contribution in [3.05, 3.63) is 56.5 Å². The van der Waals surface area contributed by atoms with E-state index in [4.69, 9.17) is 17.2 Å². The lowest BCUT2D eigenvalue weighted by Gasteiger charge is -2.22. The molecule has 0 saturated carbocycles. The van der Waals surface area contributed by atoms with E-state index in [0.29, 0.717) is 53.3 Å². The summed E-state index contributed by atoms with van der Waals surface area (Å²) in [6.45, 7) is 7.15. The smallest absolute Gasteiger partial charge is 0.166 e. The van der Waals surface area contributed by atoms with Gasteiger partial charge >= 0.3 is 0 Å². The molecule has 3 aromatic rings. The van der Waals surface area contributed by atoms with Crippen molar-refractivity contribution in [2.45, 2.75) is 58.8 Å². The number of hydrogen-bond donors (Lipinski definition) is 2. The Morgan fingerprint density at radius 2 is 2.06 bits per heavy atom. The van der Waals surface area contributed by atoms with Gasteiger partial charge in [-0.05, 0) is 47.7 Å². The van der Waals surface area contributed by atoms with E-state index in [2.05, 4.69) is 19.2 Å². The molecule has 7 heteroatoms. The molecule has 3 heterocycles. The Morgan fingerprint density at radius 3 is 2.81 bits per heavy atom. The third kappa shape index (κ3) is 3.14. The number of nitrogens with one attached hydrogen (secondary N) is 1. The Kier molecular flexibility index (Phi) is 4.80. The second-order valence-corrected chi connectivity index (χ2v) is 9.18. The highest BCUT2D eigenvalue weighted by atomic mass is 32.1. The summed E-state index contributed by atoms with van der Waals surface area (Å²) in [6.07, 6.45) is -0.306. The van der Waals surface area contributed by atoms with Crippen LogP contribution in [0.5, 0.6) is 0 Å². The summed E-state index contributed by atoms with van der Waals surface area (Å²) in [5, 5.41) is 14.9. The molecule has 31 heavy (non-hydrogen) atoms. The molecular formula is C24H24FN3O2S. The predicted octanol–water partition coefficient (Wildman–Crippen LogP) is 4.29. The molecule has 2 aromatic heterocycles. The van der Waals surface area contributed by atoms with Crippen molar-refractivity contribution in [2.75, 3.05) is 0 Å². The number of carbonyl (C=O) groups excluding carboxylic acids is 1. The molecule has 160 valence electrons. The number of aromatic nitrogens is 2. The molecule has 5 rings (SSSR count). The van der Waals surface area contributed by atoms with Crippen LogP contribution in [0.2, 0.25) is 0 Å². The number of benzene rings is 1. The van der Waals surface area contributed by atoms with Crippen molar-refractivity contribution in [2.24, 2.45) is 0 Å². The van der Waals surface area contributed by atoms with E-state index in [-0.39, 0.29) is 11.6 Å². The second kappa shape index (κ2) is 7.29. The number of nitrogens with zero attached hydrogens (tertiary/aromatic N) is 2. The zero-order valence-corrected chi connectivity index (χ0v) is 18.6. The van der Waals surface area contributed by atoms with E-state index in [1.165, 1.54) is 6.07 Å². The van der Waals surface area contributed by atoms with Crippen LogP contribution in [0.25, 0.3) is 22.3 Å². The summed E-state index contributed by atoms with van der Waals surface area (Å²) in [7, 11) is 0. The zero-order valence-electron chi connectivity index (χ0n) is 17.8. The minimum absolute atomic E-state index is 0.184. The van der Waals surface area contributed by atoms with Crippen molar-refractivity contribution in [3.8, 4) is 11.4 Å². The normalized spacial score (nSPS) is 17.2. The number of rotatable bonds is 3. The predicted molar refractivity (Wildman–Crippen MR) is 120 cm³/mol. The van der Waals surface area contributed by atoms with Gasteiger partial charge in [-0.1, -0.05) is 26.1 Å². The van der Waals surface area contributed by atoms with Crippen molar-refractivity contribution in [1.29, 1.82) is 0 Å². The van der Waals surface area contributed by atoms with Crippen LogP contribution < -0.4 is 5.32 Å². The summed E-state index contributed by atoms with van der Waals surface area (Å²) in [4.78, 5) is 16.9. The highest BCUT2D eigenvalue weighted by molar-refractivity contribution is 7.71. The summed E-state index contributed by atoms with van der Waals surface area (Å²) < 4.78 is 17.1. The summed E-state index contributed by atoms with van der Waals surface area (Å²) in [5.74, 6) is -0.472. The van der Waals surface area contributed by atoms with Gasteiger partial charge in [0.1, 0.15) is 16.6 Å². The number of ketones is 1. The summed E-state index contributed by atoms with van der Waals surface area (Å²) in [5.41, 5.74) is 6.30. The minimum Gasteiger partial charge on any atom is -0.381 e. The van der Waals surface area contributed by atoms with Crippen molar-refractivity contribution in [1.82, 2.24) is 14.9 Å². The molecule has 0 fully saturated rings. The number of aryl methyl sites for hydroxylation is 1. The maximum Gasteiger partial charge on any atom is 0.166 e. The lowest BCUT2D eigenvalue weighted by molar-refractivity contribution is -0.128. The fourth-order valence-electron chi connectivity index (χ4n) is 4.66. The molecule has 0 amide bonds. The number of pyridine rings is 2. The van der Waals surface area contributed by atoms with E-state index in [1.807, 2.05) is 16.7 Å². The van der Waals surface area contributed by atoms with Crippen molar-refractivity contribution in [3.63, 3.8) is 0 Å². The Morgan fingerprint density at radius 1 is 1.29 bits per heavy atom. The highest BCUT2D eigenvalue weighted by Crippen LogP contribution is 2.40. The third-order valence-electron chi connectivity index (χ3n) is 6.39. The molecule has 2 aliphatic rings. The van der Waals surface area contributed by atoms with E-state index in [1.54, 1.807) is 6.92 Å². The van der Waals surface area contributed by atoms with Gasteiger partial charge in [0, 0.05) is 36.0 Å². The van der Waals surface area contributed by atoms with E-state index < -0.39 is 6.10 Å². The van der Waals surface area contributed by atoms with Crippen LogP contribution in [0.15, 0.2) is 18.2 Å². The molecule has 2 N–H and O–H groups in total. The molecule has 5 nitrogen and oxygen atoms in total. The Hall–Kier alpha value is -2.48. The van der Waals surface area contributed by atoms with Gasteiger partial charge in [-0.25, -0.2) is 9.37 Å². The molecular weight excluding hydrogens is 413 g/mol. The minimum atomic E-state index is -1.15. The first kappa shape index (κ1) is 20.4. The Balaban J connectivity index is 1.78. The van der Waals surface area contributed by atoms with Gasteiger partial charge in [0.25, 0.3) is 0 Å². The largest absolute Gasteiger partial charge is 0.381 e. The van der Waals surface area contributed by atoms with Gasteiger partial charge in [0.15, 0.2) is 5.78 Å². The average molecular weight is 438 g/mol. The third-order valence-corrected chi connectivity index (χ3v) is 6.85. The lowest BCUT2D eigenvalue weighted by Crippen LogP contribution is -2.23. The Labute approximate surface area is 184 Å². The van der Waals surface area contributed by atoms with Crippen LogP contribution in [-0.4, -0.2) is 26.5 Å². The van der Waals surface area contributed by atoms with E-state index in [9.17, 15) is 14.3 Å². The molecule has 0 bridgehead atoms. The molecule has 0 radical (unpaired) electrons. The average Bonchev–Trinajstić information content (AvgIpc) is 3.08. The van der Waals surface area contributed by atoms with Crippen molar-refractivity contribution >= 4 is 28.9 Å². The first-order chi connectivity index (χ1) is 14.8. The number of carbonyl (C=O) groups is 1. The maximum atomic E-state index is 14.4. The van der Waals surface area contributed by atoms with Gasteiger partial charge in [-0.2, -0.15) is 0 Å². The molecule has 1 aliphatic heterocycles. The maximum absolute atomic E-state index is 14.4. The van der Waals surface area contributed by atoms with Crippen LogP contribution in [0.3, 0.4) is 0 Å². The monoisotopic (exact) mass is 437 g/mol. The zero-order chi connectivity index (χ0) is 22.0. The van der Waals surface area contributed by atoms with Crippen LogP contribution in [0, 0.1) is 17.4 Å². The molecule has 1 aromatic carbocycles. The summed E-state index contributed by atoms with van der Waals surface area (Å²) >= 11 is 5.78. The fourth-order valence-corrected chi connectivity index (χ4v) is 5.04. The molecule has 0 saturated heterocycles. The number of hydrogen-bond acceptors (Lipinski definition) is 5. The van der Waals surface area contributed by atoms with Crippen molar-refractivity contribution < 1.29 is 14.3 Å². The Bertz CT molecular complexity index is 1330. The molecule has 0 spiro atoms. The summed E-state index contributed by atoms with van der Waals surface area (Å²) in [6, 6.07) is 5.49. The highest BCUT2D eigenvalue weighted by Gasteiger charge is 2.32. The molecule has 1 unspecified atom stereocenters. The molecule has 1 atom stereocenters. The number of halogens is 1. The number of fused-ring (bicyclic) bond motifs is 5. The van der Waals surface area contributed by atoms with Gasteiger partial charge < -0.3 is 15.0 Å². The van der Waals surface area contributed by atoms with Crippen LogP contribution in [-0.2, 0) is 24.3 Å². The number of aliphatic hydroxyl groups is 1. The van der Waals surface area contributed by atoms with E-state index >= 15 is 0 Å². The van der Waals surface area contributed by atoms with Crippen LogP contribution in [0.4, 0.5) is 4.39 Å². The van der Waals surface area contributed by atoms with Gasteiger partial charge in [-0.15, -0.1) is 0 Å². The number of Topliss-reactive ketones (excluding diaryl/α,β-unsaturated/α-hetero) is 1. The first-order valence-corrected chi connectivity index (χ1v) is 11.0. The SMILES string of the molecule is Cc1cc2c(CNC(C)C)c3c(nc2cc1F)-c1cc2c(c(=S)n1C3)CCC(=O)C2O. The quantitative estimate of drug-likeness (QED) is 0.468. The first-order valence-electron chi connectivity index (χ1n) is 10.6. The second-order valence-electron chi connectivity index (χ2n) is 8.80.